The number of carbonyl (C=O) groups is 3. The molecule has 0 aromatic heterocycles. The number of hydrogen-bond donors (Lipinski definition) is 0. The van der Waals surface area contributed by atoms with E-state index in [4.69, 9.17) is 14.2 Å². The first-order valence-corrected chi connectivity index (χ1v) is 7.54. The molecule has 1 heterocycles. The van der Waals surface area contributed by atoms with Crippen LogP contribution in [0.3, 0.4) is 0 Å². The van der Waals surface area contributed by atoms with Gasteiger partial charge >= 0.3 is 17.9 Å². The first-order chi connectivity index (χ1) is 11.0. The number of carbonyl (C=O) groups excluding carboxylic acids is 3. The van der Waals surface area contributed by atoms with Crippen molar-refractivity contribution in [2.24, 2.45) is 5.92 Å². The van der Waals surface area contributed by atoms with E-state index in [1.807, 2.05) is 30.3 Å². The summed E-state index contributed by atoms with van der Waals surface area (Å²) in [6, 6.07) is 9.35. The van der Waals surface area contributed by atoms with E-state index in [0.29, 0.717) is 6.42 Å². The molecular weight excluding hydrogens is 300 g/mol. The van der Waals surface area contributed by atoms with Crippen LogP contribution in [0, 0.1) is 5.92 Å². The van der Waals surface area contributed by atoms with Crippen LogP contribution < -0.4 is 0 Å². The molecule has 0 spiro atoms. The molecule has 0 saturated carbocycles. The van der Waals surface area contributed by atoms with Gasteiger partial charge in [-0.05, 0) is 18.9 Å². The molecule has 0 amide bonds. The lowest BCUT2D eigenvalue weighted by Gasteiger charge is -2.28. The van der Waals surface area contributed by atoms with E-state index < -0.39 is 36.0 Å². The van der Waals surface area contributed by atoms with E-state index in [0.717, 1.165) is 5.56 Å². The van der Waals surface area contributed by atoms with Crippen LogP contribution in [0.15, 0.2) is 30.3 Å². The third-order valence-electron chi connectivity index (χ3n) is 3.63. The van der Waals surface area contributed by atoms with E-state index in [2.05, 4.69) is 0 Å². The maximum Gasteiger partial charge on any atom is 0.313 e. The molecule has 6 nitrogen and oxygen atoms in total. The topological polar surface area (TPSA) is 78.9 Å². The van der Waals surface area contributed by atoms with Crippen LogP contribution in [0.4, 0.5) is 0 Å². The van der Waals surface area contributed by atoms with Crippen molar-refractivity contribution in [1.29, 1.82) is 0 Å². The van der Waals surface area contributed by atoms with Crippen LogP contribution in [-0.2, 0) is 35.0 Å². The zero-order chi connectivity index (χ0) is 16.8. The SMILES string of the molecule is CC(=O)O[C@@H]1[C@H](C)OC(=O)CCOC(=O)[C@@H]1Cc1ccccc1. The molecule has 0 radical (unpaired) electrons. The molecule has 3 atom stereocenters. The lowest BCUT2D eigenvalue weighted by Crippen LogP contribution is -2.42. The second kappa shape index (κ2) is 7.76. The summed E-state index contributed by atoms with van der Waals surface area (Å²) in [7, 11) is 0. The Kier molecular flexibility index (Phi) is 5.73. The number of hydrogen-bond acceptors (Lipinski definition) is 6. The summed E-state index contributed by atoms with van der Waals surface area (Å²) in [5.41, 5.74) is 0.907. The van der Waals surface area contributed by atoms with Crippen molar-refractivity contribution in [2.75, 3.05) is 6.61 Å². The third-order valence-corrected chi connectivity index (χ3v) is 3.63. The van der Waals surface area contributed by atoms with Crippen LogP contribution in [0.5, 0.6) is 0 Å². The number of cyclic esters (lactones) is 2. The highest BCUT2D eigenvalue weighted by Gasteiger charge is 2.39. The van der Waals surface area contributed by atoms with Gasteiger partial charge in [-0.3, -0.25) is 14.4 Å². The molecular formula is C17H20O6. The molecule has 0 unspecified atom stereocenters. The highest BCUT2D eigenvalue weighted by molar-refractivity contribution is 5.76. The minimum Gasteiger partial charge on any atom is -0.465 e. The molecule has 0 aliphatic carbocycles. The number of esters is 3. The predicted octanol–water partition coefficient (Wildman–Crippen LogP) is 1.66. The minimum atomic E-state index is -0.887. The van der Waals surface area contributed by atoms with Crippen molar-refractivity contribution in [2.45, 2.75) is 38.9 Å². The third kappa shape index (κ3) is 4.81. The van der Waals surface area contributed by atoms with Gasteiger partial charge < -0.3 is 14.2 Å². The monoisotopic (exact) mass is 320 g/mol. The molecule has 1 aromatic carbocycles. The van der Waals surface area contributed by atoms with E-state index in [-0.39, 0.29) is 13.0 Å². The molecule has 23 heavy (non-hydrogen) atoms. The minimum absolute atomic E-state index is 0.0130. The highest BCUT2D eigenvalue weighted by atomic mass is 16.6. The van der Waals surface area contributed by atoms with Crippen LogP contribution in [0.2, 0.25) is 0 Å². The van der Waals surface area contributed by atoms with Gasteiger partial charge in [0.25, 0.3) is 0 Å². The average Bonchev–Trinajstić information content (AvgIpc) is 2.54. The standard InChI is InChI=1S/C17H20O6/c1-11-16(23-12(2)18)14(10-13-6-4-3-5-7-13)17(20)21-9-8-15(19)22-11/h3-7,11,14,16H,8-10H2,1-2H3/t11-,14+,16+/m0/s1. The fraction of sp³-hybridized carbons (Fsp3) is 0.471. The van der Waals surface area contributed by atoms with Gasteiger partial charge in [0.1, 0.15) is 18.6 Å². The Bertz CT molecular complexity index is 568. The van der Waals surface area contributed by atoms with Gasteiger partial charge in [-0.1, -0.05) is 30.3 Å². The lowest BCUT2D eigenvalue weighted by atomic mass is 9.91. The Labute approximate surface area is 134 Å². The summed E-state index contributed by atoms with van der Waals surface area (Å²) in [5, 5.41) is 0. The van der Waals surface area contributed by atoms with Crippen molar-refractivity contribution in [1.82, 2.24) is 0 Å². The summed E-state index contributed by atoms with van der Waals surface area (Å²) in [4.78, 5) is 35.4. The van der Waals surface area contributed by atoms with Gasteiger partial charge in [0, 0.05) is 6.92 Å². The van der Waals surface area contributed by atoms with Crippen molar-refractivity contribution in [3.05, 3.63) is 35.9 Å². The zero-order valence-corrected chi connectivity index (χ0v) is 13.2. The fourth-order valence-corrected chi connectivity index (χ4v) is 2.57. The Balaban J connectivity index is 2.29. The van der Waals surface area contributed by atoms with Gasteiger partial charge in [0.05, 0.1) is 6.42 Å². The van der Waals surface area contributed by atoms with Gasteiger partial charge in [-0.25, -0.2) is 0 Å². The van der Waals surface area contributed by atoms with Gasteiger partial charge in [-0.15, -0.1) is 0 Å². The Morgan fingerprint density at radius 1 is 1.26 bits per heavy atom. The van der Waals surface area contributed by atoms with Gasteiger partial charge in [0.15, 0.2) is 6.10 Å². The van der Waals surface area contributed by atoms with E-state index >= 15 is 0 Å². The quantitative estimate of drug-likeness (QED) is 0.622. The summed E-state index contributed by atoms with van der Waals surface area (Å²) in [6.45, 7) is 2.83. The lowest BCUT2D eigenvalue weighted by molar-refractivity contribution is -0.172. The maximum atomic E-state index is 12.4. The van der Waals surface area contributed by atoms with Crippen molar-refractivity contribution < 1.29 is 28.6 Å². The fourth-order valence-electron chi connectivity index (χ4n) is 2.57. The van der Waals surface area contributed by atoms with E-state index in [1.165, 1.54) is 6.92 Å². The molecule has 0 N–H and O–H groups in total. The Hall–Kier alpha value is -2.37. The normalized spacial score (nSPS) is 25.4. The molecule has 1 aliphatic heterocycles. The second-order valence-corrected chi connectivity index (χ2v) is 5.48. The summed E-state index contributed by atoms with van der Waals surface area (Å²) in [5.74, 6) is -2.25. The van der Waals surface area contributed by atoms with Gasteiger partial charge in [-0.2, -0.15) is 0 Å². The van der Waals surface area contributed by atoms with Crippen molar-refractivity contribution >= 4 is 17.9 Å². The molecule has 1 aromatic rings. The predicted molar refractivity (Wildman–Crippen MR) is 80.3 cm³/mol. The Morgan fingerprint density at radius 3 is 2.61 bits per heavy atom. The number of ether oxygens (including phenoxy) is 3. The molecule has 0 bridgehead atoms. The number of rotatable bonds is 3. The first kappa shape index (κ1) is 17.0. The molecule has 124 valence electrons. The van der Waals surface area contributed by atoms with E-state index in [9.17, 15) is 14.4 Å². The summed E-state index contributed by atoms with van der Waals surface area (Å²) in [6.07, 6.45) is -1.30. The molecule has 1 saturated heterocycles. The van der Waals surface area contributed by atoms with Gasteiger partial charge in [0.2, 0.25) is 0 Å². The summed E-state index contributed by atoms with van der Waals surface area (Å²) >= 11 is 0. The molecule has 1 fully saturated rings. The maximum absolute atomic E-state index is 12.4. The number of benzene rings is 1. The highest BCUT2D eigenvalue weighted by Crippen LogP contribution is 2.23. The Morgan fingerprint density at radius 2 is 1.96 bits per heavy atom. The first-order valence-electron chi connectivity index (χ1n) is 7.54. The van der Waals surface area contributed by atoms with E-state index in [1.54, 1.807) is 6.92 Å². The van der Waals surface area contributed by atoms with Crippen molar-refractivity contribution in [3.8, 4) is 0 Å². The molecule has 1 aliphatic rings. The summed E-state index contributed by atoms with van der Waals surface area (Å²) < 4.78 is 15.7. The zero-order valence-electron chi connectivity index (χ0n) is 13.2. The van der Waals surface area contributed by atoms with Crippen LogP contribution in [0.1, 0.15) is 25.8 Å². The van der Waals surface area contributed by atoms with Crippen LogP contribution in [0.25, 0.3) is 0 Å². The van der Waals surface area contributed by atoms with Crippen LogP contribution >= 0.6 is 0 Å². The average molecular weight is 320 g/mol. The van der Waals surface area contributed by atoms with Crippen LogP contribution in [-0.4, -0.2) is 36.7 Å². The smallest absolute Gasteiger partial charge is 0.313 e. The molecule has 2 rings (SSSR count). The second-order valence-electron chi connectivity index (χ2n) is 5.48. The van der Waals surface area contributed by atoms with Crippen molar-refractivity contribution in [3.63, 3.8) is 0 Å². The molecule has 6 heteroatoms. The largest absolute Gasteiger partial charge is 0.465 e.